The van der Waals surface area contributed by atoms with E-state index in [1.807, 2.05) is 35.0 Å². The minimum absolute atomic E-state index is 0.159. The van der Waals surface area contributed by atoms with E-state index in [9.17, 15) is 9.90 Å². The highest BCUT2D eigenvalue weighted by Crippen LogP contribution is 2.23. The summed E-state index contributed by atoms with van der Waals surface area (Å²) in [6.07, 6.45) is 8.97. The van der Waals surface area contributed by atoms with E-state index in [1.165, 1.54) is 0 Å². The van der Waals surface area contributed by atoms with E-state index in [2.05, 4.69) is 15.6 Å². The van der Waals surface area contributed by atoms with Gasteiger partial charge in [-0.3, -0.25) is 0 Å². The molecule has 3 rings (SSSR count). The van der Waals surface area contributed by atoms with Crippen molar-refractivity contribution in [1.29, 1.82) is 0 Å². The summed E-state index contributed by atoms with van der Waals surface area (Å²) in [6.45, 7) is 1.12. The fourth-order valence-corrected chi connectivity index (χ4v) is 3.13. The average Bonchev–Trinajstić information content (AvgIpc) is 3.13. The maximum Gasteiger partial charge on any atom is 0.315 e. The van der Waals surface area contributed by atoms with Crippen molar-refractivity contribution in [3.05, 3.63) is 48.5 Å². The fourth-order valence-electron chi connectivity index (χ4n) is 3.13. The standard InChI is InChI=1S/C18H24N4O2/c23-17-3-1-2-15(10-17)12-21-18(24)20-11-14-4-6-16(7-5-14)22-9-8-19-13-22/h4-9,13,15,17,23H,1-3,10-12H2,(H2,20,21,24). The van der Waals surface area contributed by atoms with E-state index >= 15 is 0 Å². The van der Waals surface area contributed by atoms with Gasteiger partial charge in [-0.05, 0) is 42.9 Å². The van der Waals surface area contributed by atoms with E-state index in [0.717, 1.165) is 36.9 Å². The second-order valence-corrected chi connectivity index (χ2v) is 6.39. The first-order chi connectivity index (χ1) is 11.7. The molecule has 6 heteroatoms. The van der Waals surface area contributed by atoms with Gasteiger partial charge in [-0.15, -0.1) is 0 Å². The lowest BCUT2D eigenvalue weighted by molar-refractivity contribution is 0.101. The average molecular weight is 328 g/mol. The number of benzene rings is 1. The molecule has 6 nitrogen and oxygen atoms in total. The lowest BCUT2D eigenvalue weighted by atomic mass is 9.87. The zero-order valence-electron chi connectivity index (χ0n) is 13.7. The molecule has 1 fully saturated rings. The molecule has 2 aromatic rings. The zero-order valence-corrected chi connectivity index (χ0v) is 13.7. The fraction of sp³-hybridized carbons (Fsp3) is 0.444. The first-order valence-corrected chi connectivity index (χ1v) is 8.48. The molecule has 1 aliphatic rings. The third-order valence-electron chi connectivity index (χ3n) is 4.50. The maximum absolute atomic E-state index is 11.9. The zero-order chi connectivity index (χ0) is 16.8. The SMILES string of the molecule is O=C(NCc1ccc(-n2ccnc2)cc1)NCC1CCCC(O)C1. The molecular weight excluding hydrogens is 304 g/mol. The topological polar surface area (TPSA) is 79.2 Å². The van der Waals surface area contributed by atoms with Gasteiger partial charge in [0.1, 0.15) is 0 Å². The number of aliphatic hydroxyl groups is 1. The van der Waals surface area contributed by atoms with Crippen LogP contribution in [0, 0.1) is 5.92 Å². The van der Waals surface area contributed by atoms with E-state index in [0.29, 0.717) is 19.0 Å². The minimum Gasteiger partial charge on any atom is -0.393 e. The molecule has 0 aliphatic heterocycles. The van der Waals surface area contributed by atoms with Crippen LogP contribution in [0.2, 0.25) is 0 Å². The van der Waals surface area contributed by atoms with Gasteiger partial charge in [-0.25, -0.2) is 9.78 Å². The number of nitrogens with one attached hydrogen (secondary N) is 2. The molecule has 1 aromatic carbocycles. The van der Waals surface area contributed by atoms with Gasteiger partial charge < -0.3 is 20.3 Å². The summed E-state index contributed by atoms with van der Waals surface area (Å²) in [4.78, 5) is 15.9. The summed E-state index contributed by atoms with van der Waals surface area (Å²) >= 11 is 0. The van der Waals surface area contributed by atoms with Gasteiger partial charge in [0, 0.05) is 31.2 Å². The summed E-state index contributed by atoms with van der Waals surface area (Å²) in [7, 11) is 0. The van der Waals surface area contributed by atoms with E-state index in [-0.39, 0.29) is 12.1 Å². The Labute approximate surface area is 141 Å². The van der Waals surface area contributed by atoms with Crippen LogP contribution in [0.1, 0.15) is 31.2 Å². The van der Waals surface area contributed by atoms with Gasteiger partial charge in [0.25, 0.3) is 0 Å². The Hall–Kier alpha value is -2.34. The number of aliphatic hydroxyl groups excluding tert-OH is 1. The smallest absolute Gasteiger partial charge is 0.315 e. The van der Waals surface area contributed by atoms with Crippen LogP contribution in [0.25, 0.3) is 5.69 Å². The van der Waals surface area contributed by atoms with Gasteiger partial charge in [0.2, 0.25) is 0 Å². The van der Waals surface area contributed by atoms with E-state index in [1.54, 1.807) is 12.5 Å². The predicted molar refractivity (Wildman–Crippen MR) is 91.8 cm³/mol. The van der Waals surface area contributed by atoms with Crippen molar-refractivity contribution in [3.63, 3.8) is 0 Å². The number of rotatable bonds is 5. The molecule has 1 saturated carbocycles. The Morgan fingerprint density at radius 2 is 2.08 bits per heavy atom. The second kappa shape index (κ2) is 7.97. The largest absolute Gasteiger partial charge is 0.393 e. The molecule has 2 amide bonds. The van der Waals surface area contributed by atoms with Crippen LogP contribution in [0.5, 0.6) is 0 Å². The molecule has 0 bridgehead atoms. The summed E-state index contributed by atoms with van der Waals surface area (Å²) in [5.41, 5.74) is 2.08. The predicted octanol–water partition coefficient (Wildman–Crippen LogP) is 2.22. The highest BCUT2D eigenvalue weighted by atomic mass is 16.3. The number of imidazole rings is 1. The van der Waals surface area contributed by atoms with Crippen molar-refractivity contribution in [3.8, 4) is 5.69 Å². The van der Waals surface area contributed by atoms with Crippen LogP contribution in [-0.2, 0) is 6.54 Å². The van der Waals surface area contributed by atoms with Crippen molar-refractivity contribution in [1.82, 2.24) is 20.2 Å². The van der Waals surface area contributed by atoms with E-state index < -0.39 is 0 Å². The summed E-state index contributed by atoms with van der Waals surface area (Å²) in [5.74, 6) is 0.383. The second-order valence-electron chi connectivity index (χ2n) is 6.39. The molecule has 1 aromatic heterocycles. The van der Waals surface area contributed by atoms with Crippen molar-refractivity contribution < 1.29 is 9.90 Å². The van der Waals surface area contributed by atoms with Crippen LogP contribution in [-0.4, -0.2) is 33.3 Å². The summed E-state index contributed by atoms with van der Waals surface area (Å²) < 4.78 is 1.93. The number of carbonyl (C=O) groups excluding carboxylic acids is 1. The van der Waals surface area contributed by atoms with Gasteiger partial charge in [0.15, 0.2) is 0 Å². The Morgan fingerprint density at radius 1 is 1.25 bits per heavy atom. The van der Waals surface area contributed by atoms with Crippen molar-refractivity contribution in [2.24, 2.45) is 5.92 Å². The molecule has 1 aliphatic carbocycles. The molecular formula is C18H24N4O2. The summed E-state index contributed by atoms with van der Waals surface area (Å²) in [5, 5.41) is 15.4. The third kappa shape index (κ3) is 4.58. The Kier molecular flexibility index (Phi) is 5.48. The monoisotopic (exact) mass is 328 g/mol. The molecule has 3 N–H and O–H groups in total. The molecule has 0 saturated heterocycles. The number of urea groups is 1. The number of hydrogen-bond donors (Lipinski definition) is 3. The van der Waals surface area contributed by atoms with Crippen LogP contribution in [0.3, 0.4) is 0 Å². The molecule has 0 radical (unpaired) electrons. The number of aromatic nitrogens is 2. The Balaban J connectivity index is 1.41. The van der Waals surface area contributed by atoms with Crippen LogP contribution < -0.4 is 10.6 Å². The van der Waals surface area contributed by atoms with Crippen molar-refractivity contribution in [2.45, 2.75) is 38.3 Å². The van der Waals surface area contributed by atoms with Crippen LogP contribution in [0.4, 0.5) is 4.79 Å². The van der Waals surface area contributed by atoms with Crippen LogP contribution in [0.15, 0.2) is 43.0 Å². The number of amides is 2. The van der Waals surface area contributed by atoms with E-state index in [4.69, 9.17) is 0 Å². The quantitative estimate of drug-likeness (QED) is 0.787. The third-order valence-corrected chi connectivity index (χ3v) is 4.50. The lowest BCUT2D eigenvalue weighted by Crippen LogP contribution is -2.39. The normalized spacial score (nSPS) is 20.5. The number of hydrogen-bond acceptors (Lipinski definition) is 3. The van der Waals surface area contributed by atoms with Crippen molar-refractivity contribution >= 4 is 6.03 Å². The highest BCUT2D eigenvalue weighted by molar-refractivity contribution is 5.73. The summed E-state index contributed by atoms with van der Waals surface area (Å²) in [6, 6.07) is 7.83. The molecule has 128 valence electrons. The van der Waals surface area contributed by atoms with Gasteiger partial charge in [-0.1, -0.05) is 18.6 Å². The minimum atomic E-state index is -0.206. The number of carbonyl (C=O) groups is 1. The number of nitrogens with zero attached hydrogens (tertiary/aromatic N) is 2. The van der Waals surface area contributed by atoms with Gasteiger partial charge in [-0.2, -0.15) is 0 Å². The Morgan fingerprint density at radius 3 is 2.79 bits per heavy atom. The first kappa shape index (κ1) is 16.5. The lowest BCUT2D eigenvalue weighted by Gasteiger charge is -2.25. The highest BCUT2D eigenvalue weighted by Gasteiger charge is 2.20. The van der Waals surface area contributed by atoms with Crippen LogP contribution >= 0.6 is 0 Å². The molecule has 2 atom stereocenters. The van der Waals surface area contributed by atoms with Crippen molar-refractivity contribution in [2.75, 3.05) is 6.54 Å². The first-order valence-electron chi connectivity index (χ1n) is 8.48. The van der Waals surface area contributed by atoms with Gasteiger partial charge in [0.05, 0.1) is 12.4 Å². The molecule has 0 spiro atoms. The molecule has 24 heavy (non-hydrogen) atoms. The molecule has 2 unspecified atom stereocenters. The Bertz CT molecular complexity index is 640. The van der Waals surface area contributed by atoms with Gasteiger partial charge >= 0.3 is 6.03 Å². The molecule has 1 heterocycles. The maximum atomic E-state index is 11.9.